The molecule has 0 aliphatic heterocycles. The van der Waals surface area contributed by atoms with Gasteiger partial charge in [0, 0.05) is 51.1 Å². The van der Waals surface area contributed by atoms with Crippen molar-refractivity contribution in [3.05, 3.63) is 35.9 Å². The van der Waals surface area contributed by atoms with Crippen LogP contribution in [0, 0.1) is 0 Å². The van der Waals surface area contributed by atoms with E-state index in [1.165, 1.54) is 5.56 Å². The summed E-state index contributed by atoms with van der Waals surface area (Å²) in [5.74, 6) is 0. The molecule has 0 aliphatic carbocycles. The summed E-state index contributed by atoms with van der Waals surface area (Å²) in [7, 11) is 1.94. The SMILES string of the molecule is CCCn1cc(CNCCc2ccn(C)n2)cn1. The predicted molar refractivity (Wildman–Crippen MR) is 71.1 cm³/mol. The van der Waals surface area contributed by atoms with Crippen molar-refractivity contribution in [2.45, 2.75) is 32.9 Å². The number of aryl methyl sites for hydroxylation is 2. The van der Waals surface area contributed by atoms with Gasteiger partial charge in [0.15, 0.2) is 0 Å². The number of aromatic nitrogens is 4. The average molecular weight is 247 g/mol. The number of hydrogen-bond acceptors (Lipinski definition) is 3. The fraction of sp³-hybridized carbons (Fsp3) is 0.538. The Bertz CT molecular complexity index is 471. The first-order valence-electron chi connectivity index (χ1n) is 6.48. The van der Waals surface area contributed by atoms with Crippen molar-refractivity contribution in [1.82, 2.24) is 24.9 Å². The van der Waals surface area contributed by atoms with Gasteiger partial charge in [0.1, 0.15) is 0 Å². The van der Waals surface area contributed by atoms with Crippen molar-refractivity contribution in [2.75, 3.05) is 6.54 Å². The molecule has 0 saturated carbocycles. The molecule has 0 atom stereocenters. The second kappa shape index (κ2) is 6.35. The largest absolute Gasteiger partial charge is 0.312 e. The topological polar surface area (TPSA) is 47.7 Å². The van der Waals surface area contributed by atoms with Crippen molar-refractivity contribution in [1.29, 1.82) is 0 Å². The lowest BCUT2D eigenvalue weighted by molar-refractivity contribution is 0.601. The van der Waals surface area contributed by atoms with E-state index in [0.29, 0.717) is 0 Å². The van der Waals surface area contributed by atoms with E-state index in [4.69, 9.17) is 0 Å². The van der Waals surface area contributed by atoms with Crippen LogP contribution in [0.4, 0.5) is 0 Å². The zero-order valence-electron chi connectivity index (χ0n) is 11.1. The smallest absolute Gasteiger partial charge is 0.0637 e. The molecule has 2 aromatic heterocycles. The van der Waals surface area contributed by atoms with Gasteiger partial charge in [-0.1, -0.05) is 6.92 Å². The van der Waals surface area contributed by atoms with Gasteiger partial charge in [0.2, 0.25) is 0 Å². The third-order valence-corrected chi connectivity index (χ3v) is 2.80. The lowest BCUT2D eigenvalue weighted by atomic mass is 10.3. The zero-order valence-corrected chi connectivity index (χ0v) is 11.1. The lowest BCUT2D eigenvalue weighted by Gasteiger charge is -2.01. The van der Waals surface area contributed by atoms with Crippen molar-refractivity contribution in [3.63, 3.8) is 0 Å². The van der Waals surface area contributed by atoms with Crippen molar-refractivity contribution < 1.29 is 0 Å². The Kier molecular flexibility index (Phi) is 4.52. The van der Waals surface area contributed by atoms with Gasteiger partial charge in [-0.15, -0.1) is 0 Å². The van der Waals surface area contributed by atoms with Gasteiger partial charge in [0.25, 0.3) is 0 Å². The summed E-state index contributed by atoms with van der Waals surface area (Å²) in [6.07, 6.45) is 8.10. The fourth-order valence-electron chi connectivity index (χ4n) is 1.89. The fourth-order valence-corrected chi connectivity index (χ4v) is 1.89. The van der Waals surface area contributed by atoms with Crippen molar-refractivity contribution in [2.24, 2.45) is 7.05 Å². The highest BCUT2D eigenvalue weighted by atomic mass is 15.3. The summed E-state index contributed by atoms with van der Waals surface area (Å²) in [4.78, 5) is 0. The maximum absolute atomic E-state index is 4.34. The van der Waals surface area contributed by atoms with E-state index in [1.807, 2.05) is 28.8 Å². The molecule has 2 heterocycles. The molecule has 98 valence electrons. The van der Waals surface area contributed by atoms with Crippen LogP contribution in [-0.4, -0.2) is 26.1 Å². The summed E-state index contributed by atoms with van der Waals surface area (Å²) in [6.45, 7) is 4.97. The molecule has 2 rings (SSSR count). The Hall–Kier alpha value is -1.62. The molecule has 0 unspecified atom stereocenters. The first-order chi connectivity index (χ1) is 8.78. The van der Waals surface area contributed by atoms with Crippen LogP contribution >= 0.6 is 0 Å². The minimum absolute atomic E-state index is 0.872. The van der Waals surface area contributed by atoms with Gasteiger partial charge in [0.05, 0.1) is 11.9 Å². The maximum Gasteiger partial charge on any atom is 0.0637 e. The van der Waals surface area contributed by atoms with Crippen molar-refractivity contribution >= 4 is 0 Å². The van der Waals surface area contributed by atoms with Gasteiger partial charge in [-0.2, -0.15) is 10.2 Å². The van der Waals surface area contributed by atoms with E-state index in [9.17, 15) is 0 Å². The van der Waals surface area contributed by atoms with Crippen LogP contribution < -0.4 is 5.32 Å². The molecule has 0 aromatic carbocycles. The van der Waals surface area contributed by atoms with E-state index >= 15 is 0 Å². The van der Waals surface area contributed by atoms with Gasteiger partial charge in [-0.25, -0.2) is 0 Å². The molecule has 0 bridgehead atoms. The summed E-state index contributed by atoms with van der Waals surface area (Å²) in [6, 6.07) is 2.06. The zero-order chi connectivity index (χ0) is 12.8. The first-order valence-corrected chi connectivity index (χ1v) is 6.48. The standard InChI is InChI=1S/C13H21N5/c1-3-7-18-11-12(10-15-18)9-14-6-4-13-5-8-17(2)16-13/h5,8,10-11,14H,3-4,6-7,9H2,1-2H3. The molecule has 0 spiro atoms. The number of nitrogens with one attached hydrogen (secondary N) is 1. The molecule has 0 saturated heterocycles. The second-order valence-corrected chi connectivity index (χ2v) is 4.52. The molecule has 0 fully saturated rings. The van der Waals surface area contributed by atoms with Crippen LogP contribution in [0.2, 0.25) is 0 Å². The van der Waals surface area contributed by atoms with Gasteiger partial charge in [-0.05, 0) is 12.5 Å². The summed E-state index contributed by atoms with van der Waals surface area (Å²) in [5, 5.41) is 12.1. The number of hydrogen-bond donors (Lipinski definition) is 1. The molecule has 2 aromatic rings. The molecule has 5 heteroatoms. The maximum atomic E-state index is 4.34. The Morgan fingerprint density at radius 3 is 3.00 bits per heavy atom. The Morgan fingerprint density at radius 2 is 2.28 bits per heavy atom. The quantitative estimate of drug-likeness (QED) is 0.752. The minimum Gasteiger partial charge on any atom is -0.312 e. The molecule has 5 nitrogen and oxygen atoms in total. The number of nitrogens with zero attached hydrogens (tertiary/aromatic N) is 4. The third-order valence-electron chi connectivity index (χ3n) is 2.80. The van der Waals surface area contributed by atoms with Crippen LogP contribution in [0.25, 0.3) is 0 Å². The van der Waals surface area contributed by atoms with Crippen LogP contribution in [0.1, 0.15) is 24.6 Å². The minimum atomic E-state index is 0.872. The molecule has 1 N–H and O–H groups in total. The summed E-state index contributed by atoms with van der Waals surface area (Å²) >= 11 is 0. The highest BCUT2D eigenvalue weighted by Crippen LogP contribution is 1.99. The van der Waals surface area contributed by atoms with Crippen molar-refractivity contribution in [3.8, 4) is 0 Å². The molecular weight excluding hydrogens is 226 g/mol. The lowest BCUT2D eigenvalue weighted by Crippen LogP contribution is -2.16. The first kappa shape index (κ1) is 12.8. The van der Waals surface area contributed by atoms with Crippen LogP contribution in [0.15, 0.2) is 24.7 Å². The van der Waals surface area contributed by atoms with E-state index in [0.717, 1.165) is 38.2 Å². The highest BCUT2D eigenvalue weighted by Gasteiger charge is 1.99. The van der Waals surface area contributed by atoms with Gasteiger partial charge >= 0.3 is 0 Å². The Balaban J connectivity index is 1.68. The average Bonchev–Trinajstić information content (AvgIpc) is 2.95. The molecule has 0 amide bonds. The van der Waals surface area contributed by atoms with Crippen LogP contribution in [0.5, 0.6) is 0 Å². The third kappa shape index (κ3) is 3.70. The van der Waals surface area contributed by atoms with Gasteiger partial charge < -0.3 is 5.32 Å². The highest BCUT2D eigenvalue weighted by molar-refractivity contribution is 5.04. The van der Waals surface area contributed by atoms with Gasteiger partial charge in [-0.3, -0.25) is 9.36 Å². The monoisotopic (exact) mass is 247 g/mol. The number of rotatable bonds is 7. The van der Waals surface area contributed by atoms with E-state index in [-0.39, 0.29) is 0 Å². The molecule has 0 radical (unpaired) electrons. The Labute approximate surface area is 108 Å². The van der Waals surface area contributed by atoms with E-state index < -0.39 is 0 Å². The normalized spacial score (nSPS) is 11.0. The molecular formula is C13H21N5. The van der Waals surface area contributed by atoms with E-state index in [1.54, 1.807) is 0 Å². The molecule has 18 heavy (non-hydrogen) atoms. The predicted octanol–water partition coefficient (Wildman–Crippen LogP) is 1.36. The van der Waals surface area contributed by atoms with Crippen LogP contribution in [-0.2, 0) is 26.6 Å². The summed E-state index contributed by atoms with van der Waals surface area (Å²) in [5.41, 5.74) is 2.37. The summed E-state index contributed by atoms with van der Waals surface area (Å²) < 4.78 is 3.83. The second-order valence-electron chi connectivity index (χ2n) is 4.52. The molecule has 0 aliphatic rings. The van der Waals surface area contributed by atoms with E-state index in [2.05, 4.69) is 34.7 Å². The van der Waals surface area contributed by atoms with Crippen LogP contribution in [0.3, 0.4) is 0 Å². The Morgan fingerprint density at radius 1 is 1.39 bits per heavy atom.